The molecule has 1 amide bonds. The first-order valence-electron chi connectivity index (χ1n) is 7.70. The normalized spacial score (nSPS) is 19.9. The molecule has 1 unspecified atom stereocenters. The Kier molecular flexibility index (Phi) is 6.14. The van der Waals surface area contributed by atoms with E-state index in [9.17, 15) is 4.79 Å². The molecule has 118 valence electrons. The van der Waals surface area contributed by atoms with Gasteiger partial charge in [-0.05, 0) is 18.9 Å². The lowest BCUT2D eigenvalue weighted by molar-refractivity contribution is -0.127. The van der Waals surface area contributed by atoms with Crippen LogP contribution in [0, 0.1) is 0 Å². The fraction of sp³-hybridized carbons (Fsp3) is 0.733. The van der Waals surface area contributed by atoms with Gasteiger partial charge >= 0.3 is 0 Å². The third-order valence-corrected chi connectivity index (χ3v) is 4.88. The highest BCUT2D eigenvalue weighted by Crippen LogP contribution is 2.25. The highest BCUT2D eigenvalue weighted by atomic mass is 32.1. The fourth-order valence-corrected chi connectivity index (χ4v) is 3.13. The van der Waals surface area contributed by atoms with Crippen LogP contribution in [0.5, 0.6) is 0 Å². The lowest BCUT2D eigenvalue weighted by Crippen LogP contribution is -2.52. The third kappa shape index (κ3) is 4.49. The van der Waals surface area contributed by atoms with Crippen LogP contribution in [0.15, 0.2) is 6.20 Å². The zero-order valence-electron chi connectivity index (χ0n) is 13.1. The van der Waals surface area contributed by atoms with Crippen molar-refractivity contribution in [2.75, 3.05) is 31.6 Å². The van der Waals surface area contributed by atoms with E-state index in [4.69, 9.17) is 4.74 Å². The van der Waals surface area contributed by atoms with E-state index in [-0.39, 0.29) is 11.9 Å². The van der Waals surface area contributed by atoms with E-state index in [1.165, 1.54) is 4.88 Å². The molecule has 2 heterocycles. The van der Waals surface area contributed by atoms with Gasteiger partial charge in [-0.15, -0.1) is 11.3 Å². The van der Waals surface area contributed by atoms with E-state index in [0.717, 1.165) is 25.9 Å². The van der Waals surface area contributed by atoms with E-state index in [0.29, 0.717) is 24.3 Å². The van der Waals surface area contributed by atoms with Crippen LogP contribution in [0.1, 0.15) is 44.4 Å². The monoisotopic (exact) mass is 311 g/mol. The molecule has 1 aromatic heterocycles. The zero-order chi connectivity index (χ0) is 15.2. The van der Waals surface area contributed by atoms with Crippen molar-refractivity contribution in [1.29, 1.82) is 0 Å². The number of aromatic nitrogens is 1. The number of amides is 1. The first-order chi connectivity index (χ1) is 10.1. The number of thiazole rings is 1. The maximum Gasteiger partial charge on any atom is 0.245 e. The number of anilines is 1. The number of morpholine rings is 1. The van der Waals surface area contributed by atoms with Crippen molar-refractivity contribution in [2.45, 2.75) is 45.6 Å². The van der Waals surface area contributed by atoms with E-state index in [1.807, 2.05) is 6.20 Å². The summed E-state index contributed by atoms with van der Waals surface area (Å²) in [6.45, 7) is 9.38. The third-order valence-electron chi connectivity index (χ3n) is 3.66. The Bertz CT molecular complexity index is 462. The lowest BCUT2D eigenvalue weighted by Gasteiger charge is -2.34. The predicted molar refractivity (Wildman–Crippen MR) is 85.9 cm³/mol. The number of nitrogens with zero attached hydrogens (tertiary/aromatic N) is 2. The van der Waals surface area contributed by atoms with Gasteiger partial charge in [-0.1, -0.05) is 27.2 Å². The minimum absolute atomic E-state index is 0.00420. The number of carbonyl (C=O) groups is 1. The number of carbonyl (C=O) groups excluding carboxylic acids is 1. The first-order valence-corrected chi connectivity index (χ1v) is 8.51. The fourth-order valence-electron chi connectivity index (χ4n) is 2.31. The van der Waals surface area contributed by atoms with E-state index in [2.05, 4.69) is 36.0 Å². The predicted octanol–water partition coefficient (Wildman–Crippen LogP) is 2.71. The number of hydrogen-bond donors (Lipinski definition) is 1. The number of hydrogen-bond acceptors (Lipinski definition) is 5. The molecule has 2 rings (SSSR count). The summed E-state index contributed by atoms with van der Waals surface area (Å²) < 4.78 is 5.48. The lowest BCUT2D eigenvalue weighted by atomic mass is 10.2. The van der Waals surface area contributed by atoms with Crippen LogP contribution < -0.4 is 5.32 Å². The van der Waals surface area contributed by atoms with Gasteiger partial charge in [0, 0.05) is 17.6 Å². The summed E-state index contributed by atoms with van der Waals surface area (Å²) >= 11 is 1.55. The highest BCUT2D eigenvalue weighted by Gasteiger charge is 2.29. The van der Waals surface area contributed by atoms with Crippen molar-refractivity contribution in [3.63, 3.8) is 0 Å². The number of ether oxygens (including phenoxy) is 1. The molecule has 1 aliphatic heterocycles. The van der Waals surface area contributed by atoms with E-state index < -0.39 is 0 Å². The van der Waals surface area contributed by atoms with Gasteiger partial charge in [-0.2, -0.15) is 0 Å². The molecule has 0 saturated carbocycles. The van der Waals surface area contributed by atoms with Gasteiger partial charge < -0.3 is 10.1 Å². The Morgan fingerprint density at radius 2 is 2.43 bits per heavy atom. The van der Waals surface area contributed by atoms with Gasteiger partial charge in [0.05, 0.1) is 13.2 Å². The second kappa shape index (κ2) is 7.87. The van der Waals surface area contributed by atoms with Crippen LogP contribution in [0.25, 0.3) is 0 Å². The van der Waals surface area contributed by atoms with Gasteiger partial charge in [0.2, 0.25) is 5.91 Å². The maximum atomic E-state index is 12.5. The van der Waals surface area contributed by atoms with Crippen LogP contribution in [-0.4, -0.2) is 48.1 Å². The van der Waals surface area contributed by atoms with Gasteiger partial charge in [0.25, 0.3) is 0 Å². The van der Waals surface area contributed by atoms with Gasteiger partial charge in [0.15, 0.2) is 5.13 Å². The summed E-state index contributed by atoms with van der Waals surface area (Å²) in [6.07, 6.45) is 4.09. The van der Waals surface area contributed by atoms with Crippen molar-refractivity contribution >= 4 is 22.4 Å². The van der Waals surface area contributed by atoms with Crippen LogP contribution in [0.4, 0.5) is 5.13 Å². The van der Waals surface area contributed by atoms with Crippen molar-refractivity contribution in [3.8, 4) is 0 Å². The SMILES string of the molecule is CCCCN1CCOCC1C(=O)Nc1ncc(C(C)C)s1. The molecule has 1 N–H and O–H groups in total. The molecule has 1 saturated heterocycles. The molecule has 0 aromatic carbocycles. The Labute approximate surface area is 130 Å². The van der Waals surface area contributed by atoms with E-state index in [1.54, 1.807) is 11.3 Å². The smallest absolute Gasteiger partial charge is 0.245 e. The van der Waals surface area contributed by atoms with Crippen molar-refractivity contribution in [2.24, 2.45) is 0 Å². The number of rotatable bonds is 6. The van der Waals surface area contributed by atoms with Gasteiger partial charge in [-0.25, -0.2) is 4.98 Å². The molecule has 0 spiro atoms. The summed E-state index contributed by atoms with van der Waals surface area (Å²) in [5.74, 6) is 0.433. The van der Waals surface area contributed by atoms with Gasteiger partial charge in [0.1, 0.15) is 6.04 Å². The van der Waals surface area contributed by atoms with Crippen LogP contribution >= 0.6 is 11.3 Å². The molecule has 1 atom stereocenters. The Balaban J connectivity index is 1.96. The van der Waals surface area contributed by atoms with Crippen LogP contribution in [0.3, 0.4) is 0 Å². The minimum atomic E-state index is -0.198. The summed E-state index contributed by atoms with van der Waals surface area (Å²) in [5, 5.41) is 3.63. The molecule has 0 radical (unpaired) electrons. The Morgan fingerprint density at radius 3 is 3.10 bits per heavy atom. The molecule has 1 aromatic rings. The Morgan fingerprint density at radius 1 is 1.62 bits per heavy atom. The summed E-state index contributed by atoms with van der Waals surface area (Å²) in [6, 6.07) is -0.198. The average molecular weight is 311 g/mol. The maximum absolute atomic E-state index is 12.5. The second-order valence-electron chi connectivity index (χ2n) is 5.69. The van der Waals surface area contributed by atoms with Crippen LogP contribution in [0.2, 0.25) is 0 Å². The molecular weight excluding hydrogens is 286 g/mol. The van der Waals surface area contributed by atoms with Crippen LogP contribution in [-0.2, 0) is 9.53 Å². The Hall–Kier alpha value is -0.980. The standard InChI is InChI=1S/C15H25N3O2S/c1-4-5-6-18-7-8-20-10-12(18)14(19)17-15-16-9-13(21-15)11(2)3/h9,11-12H,4-8,10H2,1-3H3,(H,16,17,19). The summed E-state index contributed by atoms with van der Waals surface area (Å²) in [4.78, 5) is 20.2. The molecule has 5 nitrogen and oxygen atoms in total. The molecule has 0 bridgehead atoms. The molecule has 6 heteroatoms. The zero-order valence-corrected chi connectivity index (χ0v) is 13.9. The molecular formula is C15H25N3O2S. The first kappa shape index (κ1) is 16.4. The minimum Gasteiger partial charge on any atom is -0.378 e. The number of nitrogens with one attached hydrogen (secondary N) is 1. The molecule has 1 aliphatic rings. The number of unbranched alkanes of at least 4 members (excludes halogenated alkanes) is 1. The topological polar surface area (TPSA) is 54.5 Å². The van der Waals surface area contributed by atoms with Crippen molar-refractivity contribution < 1.29 is 9.53 Å². The highest BCUT2D eigenvalue weighted by molar-refractivity contribution is 7.15. The van der Waals surface area contributed by atoms with E-state index >= 15 is 0 Å². The largest absolute Gasteiger partial charge is 0.378 e. The van der Waals surface area contributed by atoms with Crippen molar-refractivity contribution in [1.82, 2.24) is 9.88 Å². The summed E-state index contributed by atoms with van der Waals surface area (Å²) in [5.41, 5.74) is 0. The molecule has 21 heavy (non-hydrogen) atoms. The quantitative estimate of drug-likeness (QED) is 0.877. The van der Waals surface area contributed by atoms with Gasteiger partial charge in [-0.3, -0.25) is 9.69 Å². The molecule has 1 fully saturated rings. The second-order valence-corrected chi connectivity index (χ2v) is 6.75. The van der Waals surface area contributed by atoms with Crippen molar-refractivity contribution in [3.05, 3.63) is 11.1 Å². The molecule has 0 aliphatic carbocycles. The summed E-state index contributed by atoms with van der Waals surface area (Å²) in [7, 11) is 0. The average Bonchev–Trinajstić information content (AvgIpc) is 2.94.